The standard InChI is InChI=1S/C12H16N4O2/c1-4-5-6-16-9(3)11(14-17)12(13-16)10-7-8(2)18-15-10/h7H,4-6H2,1-3H3. The summed E-state index contributed by atoms with van der Waals surface area (Å²) in [6.45, 7) is 6.53. The van der Waals surface area contributed by atoms with Crippen LogP contribution in [-0.4, -0.2) is 14.9 Å². The highest BCUT2D eigenvalue weighted by Crippen LogP contribution is 2.32. The van der Waals surface area contributed by atoms with Crippen LogP contribution in [0.15, 0.2) is 15.8 Å². The highest BCUT2D eigenvalue weighted by molar-refractivity contribution is 5.70. The molecule has 0 bridgehead atoms. The molecule has 2 aromatic heterocycles. The maximum Gasteiger partial charge on any atom is 0.158 e. The Bertz CT molecular complexity index is 556. The molecule has 0 N–H and O–H groups in total. The van der Waals surface area contributed by atoms with Crippen LogP contribution in [0.2, 0.25) is 0 Å². The first kappa shape index (κ1) is 12.5. The van der Waals surface area contributed by atoms with Gasteiger partial charge in [0.25, 0.3) is 0 Å². The molecular formula is C12H16N4O2. The van der Waals surface area contributed by atoms with Gasteiger partial charge in [0.1, 0.15) is 17.1 Å². The van der Waals surface area contributed by atoms with E-state index in [4.69, 9.17) is 4.52 Å². The number of nitroso groups, excluding NO2 is 1. The lowest BCUT2D eigenvalue weighted by molar-refractivity contribution is 0.399. The molecule has 0 aliphatic heterocycles. The Hall–Kier alpha value is -1.98. The lowest BCUT2D eigenvalue weighted by Gasteiger charge is -2.01. The van der Waals surface area contributed by atoms with E-state index >= 15 is 0 Å². The van der Waals surface area contributed by atoms with Gasteiger partial charge < -0.3 is 4.52 Å². The van der Waals surface area contributed by atoms with Gasteiger partial charge in [-0.1, -0.05) is 18.5 Å². The van der Waals surface area contributed by atoms with Crippen LogP contribution in [-0.2, 0) is 6.54 Å². The second-order valence-electron chi connectivity index (χ2n) is 4.27. The minimum atomic E-state index is 0.347. The maximum absolute atomic E-state index is 11.0. The van der Waals surface area contributed by atoms with E-state index in [-0.39, 0.29) is 0 Å². The molecule has 18 heavy (non-hydrogen) atoms. The monoisotopic (exact) mass is 248 g/mol. The molecule has 96 valence electrons. The Morgan fingerprint density at radius 3 is 2.78 bits per heavy atom. The average Bonchev–Trinajstić information content (AvgIpc) is 2.91. The lowest BCUT2D eigenvalue weighted by Crippen LogP contribution is -2.01. The minimum Gasteiger partial charge on any atom is -0.361 e. The zero-order valence-electron chi connectivity index (χ0n) is 10.8. The second kappa shape index (κ2) is 5.12. The van der Waals surface area contributed by atoms with Gasteiger partial charge in [-0.05, 0) is 25.4 Å². The Morgan fingerprint density at radius 1 is 1.44 bits per heavy atom. The molecule has 0 saturated heterocycles. The molecular weight excluding hydrogens is 232 g/mol. The summed E-state index contributed by atoms with van der Waals surface area (Å²) in [5, 5.41) is 11.4. The van der Waals surface area contributed by atoms with Crippen molar-refractivity contribution < 1.29 is 4.52 Å². The van der Waals surface area contributed by atoms with Crippen molar-refractivity contribution in [1.29, 1.82) is 0 Å². The first-order valence-corrected chi connectivity index (χ1v) is 6.01. The molecule has 0 atom stereocenters. The number of nitrogens with zero attached hydrogens (tertiary/aromatic N) is 4. The fourth-order valence-electron chi connectivity index (χ4n) is 1.82. The highest BCUT2D eigenvalue weighted by Gasteiger charge is 2.19. The third-order valence-electron chi connectivity index (χ3n) is 2.86. The van der Waals surface area contributed by atoms with Gasteiger partial charge in [0.05, 0.1) is 5.69 Å². The summed E-state index contributed by atoms with van der Waals surface area (Å²) < 4.78 is 6.81. The predicted octanol–water partition coefficient (Wildman–Crippen LogP) is 3.35. The number of unbranched alkanes of at least 4 members (excludes halogenated alkanes) is 1. The zero-order valence-corrected chi connectivity index (χ0v) is 10.8. The van der Waals surface area contributed by atoms with Crippen LogP contribution in [0.5, 0.6) is 0 Å². The molecule has 0 aliphatic carbocycles. The normalized spacial score (nSPS) is 10.8. The topological polar surface area (TPSA) is 73.3 Å². The van der Waals surface area contributed by atoms with Crippen molar-refractivity contribution in [3.8, 4) is 11.4 Å². The van der Waals surface area contributed by atoms with Crippen molar-refractivity contribution in [3.63, 3.8) is 0 Å². The van der Waals surface area contributed by atoms with E-state index in [1.807, 2.05) is 6.92 Å². The molecule has 0 spiro atoms. The second-order valence-corrected chi connectivity index (χ2v) is 4.27. The van der Waals surface area contributed by atoms with Crippen molar-refractivity contribution in [1.82, 2.24) is 14.9 Å². The number of hydrogen-bond donors (Lipinski definition) is 0. The zero-order chi connectivity index (χ0) is 13.1. The van der Waals surface area contributed by atoms with Crippen molar-refractivity contribution in [3.05, 3.63) is 22.4 Å². The minimum absolute atomic E-state index is 0.347. The SMILES string of the molecule is CCCCn1nc(-c2cc(C)on2)c(N=O)c1C. The summed E-state index contributed by atoms with van der Waals surface area (Å²) in [6, 6.07) is 1.75. The average molecular weight is 248 g/mol. The molecule has 0 unspecified atom stereocenters. The molecule has 2 aromatic rings. The van der Waals surface area contributed by atoms with E-state index < -0.39 is 0 Å². The molecule has 6 nitrogen and oxygen atoms in total. The number of aryl methyl sites for hydroxylation is 2. The van der Waals surface area contributed by atoms with Crippen LogP contribution < -0.4 is 0 Å². The summed E-state index contributed by atoms with van der Waals surface area (Å²) in [4.78, 5) is 11.0. The largest absolute Gasteiger partial charge is 0.361 e. The molecule has 2 rings (SSSR count). The van der Waals surface area contributed by atoms with E-state index in [1.165, 1.54) is 0 Å². The van der Waals surface area contributed by atoms with Crippen molar-refractivity contribution >= 4 is 5.69 Å². The van der Waals surface area contributed by atoms with Crippen molar-refractivity contribution in [2.75, 3.05) is 0 Å². The van der Waals surface area contributed by atoms with Gasteiger partial charge in [0, 0.05) is 12.6 Å². The molecule has 2 heterocycles. The smallest absolute Gasteiger partial charge is 0.158 e. The van der Waals surface area contributed by atoms with E-state index in [0.29, 0.717) is 22.8 Å². The number of aromatic nitrogens is 3. The number of hydrogen-bond acceptors (Lipinski definition) is 5. The number of rotatable bonds is 5. The molecule has 0 saturated carbocycles. The maximum atomic E-state index is 11.0. The van der Waals surface area contributed by atoms with Gasteiger partial charge >= 0.3 is 0 Å². The van der Waals surface area contributed by atoms with Crippen molar-refractivity contribution in [2.24, 2.45) is 5.18 Å². The van der Waals surface area contributed by atoms with Gasteiger partial charge in [0.15, 0.2) is 5.69 Å². The quantitative estimate of drug-likeness (QED) is 0.760. The van der Waals surface area contributed by atoms with Crippen LogP contribution in [0, 0.1) is 18.8 Å². The summed E-state index contributed by atoms with van der Waals surface area (Å²) in [6.07, 6.45) is 2.08. The van der Waals surface area contributed by atoms with E-state index in [0.717, 1.165) is 25.1 Å². The fraction of sp³-hybridized carbons (Fsp3) is 0.500. The Balaban J connectivity index is 2.43. The highest BCUT2D eigenvalue weighted by atomic mass is 16.5. The van der Waals surface area contributed by atoms with Crippen LogP contribution in [0.4, 0.5) is 5.69 Å². The van der Waals surface area contributed by atoms with Crippen LogP contribution in [0.1, 0.15) is 31.2 Å². The Kier molecular flexibility index (Phi) is 3.55. The third-order valence-corrected chi connectivity index (χ3v) is 2.86. The molecule has 0 amide bonds. The van der Waals surface area contributed by atoms with Gasteiger partial charge in [-0.3, -0.25) is 4.68 Å². The summed E-state index contributed by atoms with van der Waals surface area (Å²) in [7, 11) is 0. The molecule has 0 aliphatic rings. The fourth-order valence-corrected chi connectivity index (χ4v) is 1.82. The molecule has 0 radical (unpaired) electrons. The first-order valence-electron chi connectivity index (χ1n) is 6.01. The summed E-state index contributed by atoms with van der Waals surface area (Å²) >= 11 is 0. The molecule has 6 heteroatoms. The van der Waals surface area contributed by atoms with E-state index in [9.17, 15) is 4.91 Å². The van der Waals surface area contributed by atoms with Gasteiger partial charge in [-0.25, -0.2) is 0 Å². The lowest BCUT2D eigenvalue weighted by atomic mass is 10.2. The van der Waals surface area contributed by atoms with Crippen LogP contribution in [0.25, 0.3) is 11.4 Å². The Morgan fingerprint density at radius 2 is 2.22 bits per heavy atom. The van der Waals surface area contributed by atoms with Gasteiger partial charge in [-0.15, -0.1) is 4.91 Å². The van der Waals surface area contributed by atoms with Crippen LogP contribution in [0.3, 0.4) is 0 Å². The van der Waals surface area contributed by atoms with Crippen LogP contribution >= 0.6 is 0 Å². The van der Waals surface area contributed by atoms with Gasteiger partial charge in [-0.2, -0.15) is 5.10 Å². The molecule has 0 fully saturated rings. The Labute approximate surface area is 105 Å². The third kappa shape index (κ3) is 2.18. The summed E-state index contributed by atoms with van der Waals surface area (Å²) in [5.74, 6) is 0.683. The van der Waals surface area contributed by atoms with E-state index in [1.54, 1.807) is 17.7 Å². The molecule has 0 aromatic carbocycles. The van der Waals surface area contributed by atoms with E-state index in [2.05, 4.69) is 22.4 Å². The first-order chi connectivity index (χ1) is 8.67. The summed E-state index contributed by atoms with van der Waals surface area (Å²) in [5.41, 5.74) is 2.17. The predicted molar refractivity (Wildman–Crippen MR) is 67.6 cm³/mol. The van der Waals surface area contributed by atoms with Gasteiger partial charge in [0.2, 0.25) is 0 Å². The van der Waals surface area contributed by atoms with Crippen molar-refractivity contribution in [2.45, 2.75) is 40.2 Å².